The molecule has 76 valence electrons. The average Bonchev–Trinajstić information content (AvgIpc) is 2.91. The molecule has 0 aromatic heterocycles. The Morgan fingerprint density at radius 2 is 1.08 bits per heavy atom. The molecule has 0 bridgehead atoms. The lowest BCUT2D eigenvalue weighted by atomic mass is 9.83. The van der Waals surface area contributed by atoms with Gasteiger partial charge in [-0.2, -0.15) is 9.78 Å². The van der Waals surface area contributed by atoms with E-state index >= 15 is 0 Å². The van der Waals surface area contributed by atoms with Gasteiger partial charge in [-0.3, -0.25) is 0 Å². The van der Waals surface area contributed by atoms with Crippen molar-refractivity contribution in [1.82, 2.24) is 0 Å². The van der Waals surface area contributed by atoms with E-state index < -0.39 is 36.3 Å². The third-order valence-electron chi connectivity index (χ3n) is 2.45. The summed E-state index contributed by atoms with van der Waals surface area (Å²) >= 11 is 0. The van der Waals surface area contributed by atoms with Gasteiger partial charge in [-0.25, -0.2) is 0 Å². The number of aliphatic hydroxyl groups is 5. The van der Waals surface area contributed by atoms with Gasteiger partial charge in [0, 0.05) is 0 Å². The first-order valence-corrected chi connectivity index (χ1v) is 3.78. The fraction of sp³-hybridized carbons (Fsp3) is 1.00. The zero-order valence-corrected chi connectivity index (χ0v) is 6.44. The Morgan fingerprint density at radius 1 is 0.692 bits per heavy atom. The van der Waals surface area contributed by atoms with Crippen molar-refractivity contribution in [3.05, 3.63) is 0 Å². The van der Waals surface area contributed by atoms with Crippen LogP contribution >= 0.6 is 0 Å². The Balaban J connectivity index is 2.24. The molecule has 2 rings (SSSR count). The molecule has 4 unspecified atom stereocenters. The van der Waals surface area contributed by atoms with Crippen molar-refractivity contribution < 1.29 is 35.3 Å². The van der Waals surface area contributed by atoms with E-state index in [4.69, 9.17) is 5.11 Å². The molecule has 7 nitrogen and oxygen atoms in total. The largest absolute Gasteiger partial charge is 0.387 e. The first-order valence-electron chi connectivity index (χ1n) is 3.78. The van der Waals surface area contributed by atoms with Gasteiger partial charge in [0.25, 0.3) is 5.79 Å². The summed E-state index contributed by atoms with van der Waals surface area (Å²) in [5.41, 5.74) is 0. The van der Waals surface area contributed by atoms with E-state index in [1.54, 1.807) is 0 Å². The van der Waals surface area contributed by atoms with Gasteiger partial charge in [0.15, 0.2) is 0 Å². The first-order chi connectivity index (χ1) is 6.00. The van der Waals surface area contributed by atoms with Crippen LogP contribution in [0.4, 0.5) is 0 Å². The van der Waals surface area contributed by atoms with E-state index in [9.17, 15) is 20.4 Å². The highest BCUT2D eigenvalue weighted by Crippen LogP contribution is 2.43. The Bertz CT molecular complexity index is 197. The van der Waals surface area contributed by atoms with Gasteiger partial charge in [0.2, 0.25) is 0 Å². The quantitative estimate of drug-likeness (QED) is 0.200. The molecule has 7 heteroatoms. The van der Waals surface area contributed by atoms with Gasteiger partial charge in [0.1, 0.15) is 30.5 Å². The molecule has 0 radical (unpaired) electrons. The highest BCUT2D eigenvalue weighted by Gasteiger charge is 2.70. The molecule has 4 atom stereocenters. The number of rotatable bonds is 0. The third-order valence-corrected chi connectivity index (χ3v) is 2.45. The van der Waals surface area contributed by atoms with Crippen LogP contribution in [-0.4, -0.2) is 61.8 Å². The number of aliphatic hydroxyl groups excluding tert-OH is 5. The van der Waals surface area contributed by atoms with Gasteiger partial charge in [0.05, 0.1) is 0 Å². The molecule has 5 N–H and O–H groups in total. The second-order valence-corrected chi connectivity index (χ2v) is 3.25. The molecule has 2 aliphatic rings. The van der Waals surface area contributed by atoms with E-state index in [2.05, 4.69) is 9.78 Å². The molecule has 0 amide bonds. The minimum Gasteiger partial charge on any atom is -0.387 e. The normalized spacial score (nSPS) is 53.8. The summed E-state index contributed by atoms with van der Waals surface area (Å²) in [6.07, 6.45) is -8.01. The molecule has 1 heterocycles. The third kappa shape index (κ3) is 1.03. The second kappa shape index (κ2) is 2.61. The fourth-order valence-electron chi connectivity index (χ4n) is 1.47. The van der Waals surface area contributed by atoms with E-state index in [1.165, 1.54) is 0 Å². The maximum Gasteiger partial charge on any atom is 0.290 e. The topological polar surface area (TPSA) is 126 Å². The van der Waals surface area contributed by atoms with Crippen molar-refractivity contribution in [3.63, 3.8) is 0 Å². The molecule has 1 aliphatic heterocycles. The summed E-state index contributed by atoms with van der Waals surface area (Å²) in [6, 6.07) is 0. The summed E-state index contributed by atoms with van der Waals surface area (Å²) in [5, 5.41) is 46.1. The van der Waals surface area contributed by atoms with Crippen molar-refractivity contribution >= 4 is 0 Å². The predicted molar refractivity (Wildman–Crippen MR) is 34.9 cm³/mol. The molecule has 1 saturated heterocycles. The van der Waals surface area contributed by atoms with Crippen molar-refractivity contribution in [3.8, 4) is 0 Å². The van der Waals surface area contributed by atoms with Crippen LogP contribution in [0.5, 0.6) is 0 Å². The van der Waals surface area contributed by atoms with Crippen molar-refractivity contribution in [2.45, 2.75) is 36.3 Å². The summed E-state index contributed by atoms with van der Waals surface area (Å²) in [5.74, 6) is -1.78. The molecule has 0 aromatic rings. The zero-order chi connectivity index (χ0) is 9.80. The Labute approximate surface area is 72.7 Å². The average molecular weight is 194 g/mol. The standard InChI is InChI=1S/C6H10O7/c7-1-2(8)4(10)6(12-13-6)5(11)3(1)9/h1-5,7-11H. The molecule has 13 heavy (non-hydrogen) atoms. The molecule has 0 aromatic carbocycles. The minimum atomic E-state index is -1.78. The zero-order valence-electron chi connectivity index (χ0n) is 6.44. The Hall–Kier alpha value is -0.280. The van der Waals surface area contributed by atoms with Gasteiger partial charge < -0.3 is 25.5 Å². The van der Waals surface area contributed by atoms with E-state index in [0.717, 1.165) is 0 Å². The Kier molecular flexibility index (Phi) is 1.86. The molecular weight excluding hydrogens is 184 g/mol. The van der Waals surface area contributed by atoms with Crippen LogP contribution in [0.15, 0.2) is 0 Å². The Morgan fingerprint density at radius 3 is 1.38 bits per heavy atom. The lowest BCUT2D eigenvalue weighted by Gasteiger charge is -2.37. The number of hydrogen-bond donors (Lipinski definition) is 5. The van der Waals surface area contributed by atoms with Gasteiger partial charge in [-0.15, -0.1) is 0 Å². The molecule has 1 saturated carbocycles. The first kappa shape index (κ1) is 9.28. The monoisotopic (exact) mass is 194 g/mol. The summed E-state index contributed by atoms with van der Waals surface area (Å²) in [4.78, 5) is 8.64. The van der Waals surface area contributed by atoms with Crippen LogP contribution in [-0.2, 0) is 9.78 Å². The SMILES string of the molecule is OC1C(O)C(O)C2(OO2)C(O)C1O. The van der Waals surface area contributed by atoms with Crippen molar-refractivity contribution in [1.29, 1.82) is 0 Å². The maximum atomic E-state index is 9.30. The van der Waals surface area contributed by atoms with Crippen LogP contribution in [0.2, 0.25) is 0 Å². The van der Waals surface area contributed by atoms with E-state index in [-0.39, 0.29) is 0 Å². The summed E-state index contributed by atoms with van der Waals surface area (Å²) in [6.45, 7) is 0. The van der Waals surface area contributed by atoms with Crippen molar-refractivity contribution in [2.75, 3.05) is 0 Å². The molecule has 2 fully saturated rings. The van der Waals surface area contributed by atoms with Crippen LogP contribution in [0.1, 0.15) is 0 Å². The van der Waals surface area contributed by atoms with Crippen LogP contribution in [0, 0.1) is 0 Å². The highest BCUT2D eigenvalue weighted by atomic mass is 17.4. The molecule has 1 aliphatic carbocycles. The van der Waals surface area contributed by atoms with Gasteiger partial charge in [-0.05, 0) is 0 Å². The fourth-order valence-corrected chi connectivity index (χ4v) is 1.47. The van der Waals surface area contributed by atoms with Gasteiger partial charge >= 0.3 is 0 Å². The van der Waals surface area contributed by atoms with Crippen molar-refractivity contribution in [2.24, 2.45) is 0 Å². The highest BCUT2D eigenvalue weighted by molar-refractivity contribution is 5.06. The molecule has 1 spiro atoms. The lowest BCUT2D eigenvalue weighted by molar-refractivity contribution is -0.215. The molecular formula is C6H10O7. The smallest absolute Gasteiger partial charge is 0.290 e. The minimum absolute atomic E-state index is 1.58. The van der Waals surface area contributed by atoms with Crippen LogP contribution in [0.3, 0.4) is 0 Å². The van der Waals surface area contributed by atoms with E-state index in [0.29, 0.717) is 0 Å². The van der Waals surface area contributed by atoms with E-state index in [1.807, 2.05) is 0 Å². The summed E-state index contributed by atoms with van der Waals surface area (Å²) in [7, 11) is 0. The lowest BCUT2D eigenvalue weighted by Crippen LogP contribution is -2.65. The second-order valence-electron chi connectivity index (χ2n) is 3.25. The summed E-state index contributed by atoms with van der Waals surface area (Å²) < 4.78 is 0. The van der Waals surface area contributed by atoms with Crippen LogP contribution < -0.4 is 0 Å². The number of hydrogen-bond acceptors (Lipinski definition) is 7. The maximum absolute atomic E-state index is 9.30. The predicted octanol–water partition coefficient (Wildman–Crippen LogP) is -3.54. The van der Waals surface area contributed by atoms with Gasteiger partial charge in [-0.1, -0.05) is 0 Å². The van der Waals surface area contributed by atoms with Crippen LogP contribution in [0.25, 0.3) is 0 Å².